The molecule has 0 saturated carbocycles. The first kappa shape index (κ1) is 19.2. The van der Waals surface area contributed by atoms with Crippen molar-refractivity contribution < 1.29 is 32.6 Å². The first-order chi connectivity index (χ1) is 12.4. The van der Waals surface area contributed by atoms with Gasteiger partial charge in [0.1, 0.15) is 0 Å². The Morgan fingerprint density at radius 2 is 1.85 bits per heavy atom. The van der Waals surface area contributed by atoms with E-state index in [1.165, 1.54) is 19.2 Å². The van der Waals surface area contributed by atoms with Gasteiger partial charge in [0.15, 0.2) is 18.1 Å². The van der Waals surface area contributed by atoms with Gasteiger partial charge in [-0.05, 0) is 36.8 Å². The number of hydrogen-bond acceptors (Lipinski definition) is 5. The average Bonchev–Trinajstić information content (AvgIpc) is 2.61. The molecule has 138 valence electrons. The van der Waals surface area contributed by atoms with E-state index in [-0.39, 0.29) is 17.1 Å². The van der Waals surface area contributed by atoms with Crippen LogP contribution in [-0.4, -0.2) is 32.2 Å². The first-order valence-electron chi connectivity index (χ1n) is 7.56. The highest BCUT2D eigenvalue weighted by atomic mass is 19.3. The van der Waals surface area contributed by atoms with Crippen molar-refractivity contribution in [3.8, 4) is 11.5 Å². The molecule has 1 amide bonds. The molecule has 0 aromatic heterocycles. The quantitative estimate of drug-likeness (QED) is 0.762. The fraction of sp³-hybridized carbons (Fsp3) is 0.222. The second kappa shape index (κ2) is 8.80. The molecule has 26 heavy (non-hydrogen) atoms. The van der Waals surface area contributed by atoms with Crippen LogP contribution in [0.4, 0.5) is 14.5 Å². The standard InChI is InChI=1S/C18H17F2NO5/c1-11-5-3-4-6-13(11)21-16(22)10-25-17(23)12-7-8-14(26-18(19)20)15(9-12)24-2/h3-9,18H,10H2,1-2H3,(H,21,22). The lowest BCUT2D eigenvalue weighted by atomic mass is 10.2. The summed E-state index contributed by atoms with van der Waals surface area (Å²) in [7, 11) is 1.25. The van der Waals surface area contributed by atoms with Crippen molar-refractivity contribution in [3.05, 3.63) is 53.6 Å². The monoisotopic (exact) mass is 365 g/mol. The van der Waals surface area contributed by atoms with Crippen LogP contribution in [0, 0.1) is 6.92 Å². The molecular weight excluding hydrogens is 348 g/mol. The Balaban J connectivity index is 1.97. The van der Waals surface area contributed by atoms with Gasteiger partial charge in [-0.3, -0.25) is 4.79 Å². The molecule has 8 heteroatoms. The van der Waals surface area contributed by atoms with Crippen molar-refractivity contribution in [2.24, 2.45) is 0 Å². The van der Waals surface area contributed by atoms with Crippen molar-refractivity contribution in [1.82, 2.24) is 0 Å². The summed E-state index contributed by atoms with van der Waals surface area (Å²) in [4.78, 5) is 23.9. The van der Waals surface area contributed by atoms with Gasteiger partial charge in [0.05, 0.1) is 12.7 Å². The van der Waals surface area contributed by atoms with Crippen molar-refractivity contribution in [3.63, 3.8) is 0 Å². The summed E-state index contributed by atoms with van der Waals surface area (Å²) < 4.78 is 38.7. The number of carbonyl (C=O) groups is 2. The van der Waals surface area contributed by atoms with Crippen molar-refractivity contribution in [2.75, 3.05) is 19.0 Å². The van der Waals surface area contributed by atoms with Crippen LogP contribution in [0.25, 0.3) is 0 Å². The number of halogens is 2. The molecule has 1 N–H and O–H groups in total. The highest BCUT2D eigenvalue weighted by molar-refractivity contribution is 5.96. The number of hydrogen-bond donors (Lipinski definition) is 1. The van der Waals surface area contributed by atoms with E-state index in [4.69, 9.17) is 9.47 Å². The van der Waals surface area contributed by atoms with Crippen LogP contribution < -0.4 is 14.8 Å². The Bertz CT molecular complexity index is 795. The van der Waals surface area contributed by atoms with E-state index in [1.807, 2.05) is 19.1 Å². The Morgan fingerprint density at radius 1 is 1.12 bits per heavy atom. The maximum atomic E-state index is 12.3. The minimum atomic E-state index is -3.02. The van der Waals surface area contributed by atoms with E-state index in [0.717, 1.165) is 11.6 Å². The average molecular weight is 365 g/mol. The largest absolute Gasteiger partial charge is 0.493 e. The van der Waals surface area contributed by atoms with Gasteiger partial charge in [-0.25, -0.2) is 4.79 Å². The van der Waals surface area contributed by atoms with Crippen molar-refractivity contribution in [2.45, 2.75) is 13.5 Å². The summed E-state index contributed by atoms with van der Waals surface area (Å²) in [6.45, 7) is -1.69. The van der Waals surface area contributed by atoms with Crippen molar-refractivity contribution in [1.29, 1.82) is 0 Å². The number of nitrogens with one attached hydrogen (secondary N) is 1. The fourth-order valence-corrected chi connectivity index (χ4v) is 2.10. The van der Waals surface area contributed by atoms with E-state index >= 15 is 0 Å². The predicted molar refractivity (Wildman–Crippen MR) is 89.7 cm³/mol. The van der Waals surface area contributed by atoms with Crippen LogP contribution in [0.1, 0.15) is 15.9 Å². The summed E-state index contributed by atoms with van der Waals surface area (Å²) in [5.74, 6) is -1.57. The van der Waals surface area contributed by atoms with Gasteiger partial charge in [0, 0.05) is 5.69 Å². The lowest BCUT2D eigenvalue weighted by Gasteiger charge is -2.11. The zero-order valence-electron chi connectivity index (χ0n) is 14.1. The molecule has 0 fully saturated rings. The second-order valence-corrected chi connectivity index (χ2v) is 5.18. The Labute approximate surface area is 148 Å². The second-order valence-electron chi connectivity index (χ2n) is 5.18. The summed E-state index contributed by atoms with van der Waals surface area (Å²) >= 11 is 0. The first-order valence-corrected chi connectivity index (χ1v) is 7.56. The fourth-order valence-electron chi connectivity index (χ4n) is 2.10. The summed E-state index contributed by atoms with van der Waals surface area (Å²) in [5, 5.41) is 2.63. The van der Waals surface area contributed by atoms with Gasteiger partial charge >= 0.3 is 12.6 Å². The molecular formula is C18H17F2NO5. The zero-order valence-corrected chi connectivity index (χ0v) is 14.1. The number of esters is 1. The lowest BCUT2D eigenvalue weighted by molar-refractivity contribution is -0.119. The minimum Gasteiger partial charge on any atom is -0.493 e. The third-order valence-corrected chi connectivity index (χ3v) is 3.37. The van der Waals surface area contributed by atoms with Gasteiger partial charge < -0.3 is 19.5 Å². The number of amides is 1. The molecule has 0 atom stereocenters. The van der Waals surface area contributed by atoms with E-state index in [0.29, 0.717) is 5.69 Å². The molecule has 0 aliphatic rings. The predicted octanol–water partition coefficient (Wildman–Crippen LogP) is 3.40. The Morgan fingerprint density at radius 3 is 2.50 bits per heavy atom. The zero-order chi connectivity index (χ0) is 19.1. The number of para-hydroxylation sites is 1. The molecule has 0 saturated heterocycles. The summed E-state index contributed by atoms with van der Waals surface area (Å²) in [6.07, 6.45) is 0. The van der Waals surface area contributed by atoms with Crippen LogP contribution in [0.2, 0.25) is 0 Å². The van der Waals surface area contributed by atoms with Gasteiger partial charge in [0.2, 0.25) is 0 Å². The topological polar surface area (TPSA) is 73.9 Å². The number of alkyl halides is 2. The van der Waals surface area contributed by atoms with Crippen LogP contribution in [-0.2, 0) is 9.53 Å². The minimum absolute atomic E-state index is 0.0344. The molecule has 2 aromatic rings. The number of rotatable bonds is 7. The van der Waals surface area contributed by atoms with Gasteiger partial charge in [-0.15, -0.1) is 0 Å². The molecule has 6 nitrogen and oxygen atoms in total. The van der Waals surface area contributed by atoms with Crippen LogP contribution >= 0.6 is 0 Å². The number of ether oxygens (including phenoxy) is 3. The van der Waals surface area contributed by atoms with Crippen LogP contribution in [0.3, 0.4) is 0 Å². The number of benzene rings is 2. The van der Waals surface area contributed by atoms with Crippen LogP contribution in [0.15, 0.2) is 42.5 Å². The highest BCUT2D eigenvalue weighted by Crippen LogP contribution is 2.29. The molecule has 0 aliphatic carbocycles. The molecule has 0 aliphatic heterocycles. The van der Waals surface area contributed by atoms with E-state index < -0.39 is 25.1 Å². The molecule has 0 radical (unpaired) electrons. The van der Waals surface area contributed by atoms with Gasteiger partial charge in [0.25, 0.3) is 5.91 Å². The molecule has 2 aromatic carbocycles. The smallest absolute Gasteiger partial charge is 0.387 e. The van der Waals surface area contributed by atoms with Crippen molar-refractivity contribution >= 4 is 17.6 Å². The third kappa shape index (κ3) is 5.17. The maximum Gasteiger partial charge on any atom is 0.387 e. The number of carbonyl (C=O) groups excluding carboxylic acids is 2. The Kier molecular flexibility index (Phi) is 6.48. The number of methoxy groups -OCH3 is 1. The molecule has 0 spiro atoms. The maximum absolute atomic E-state index is 12.3. The molecule has 0 heterocycles. The lowest BCUT2D eigenvalue weighted by Crippen LogP contribution is -2.21. The number of anilines is 1. The van der Waals surface area contributed by atoms with E-state index in [2.05, 4.69) is 10.1 Å². The van der Waals surface area contributed by atoms with E-state index in [9.17, 15) is 18.4 Å². The highest BCUT2D eigenvalue weighted by Gasteiger charge is 2.16. The molecule has 2 rings (SSSR count). The normalized spacial score (nSPS) is 10.3. The number of aryl methyl sites for hydroxylation is 1. The summed E-state index contributed by atoms with van der Waals surface area (Å²) in [6, 6.07) is 10.7. The SMILES string of the molecule is COc1cc(C(=O)OCC(=O)Nc2ccccc2C)ccc1OC(F)F. The van der Waals surface area contributed by atoms with Gasteiger partial charge in [-0.1, -0.05) is 18.2 Å². The van der Waals surface area contributed by atoms with Crippen LogP contribution in [0.5, 0.6) is 11.5 Å². The van der Waals surface area contributed by atoms with Gasteiger partial charge in [-0.2, -0.15) is 8.78 Å². The summed E-state index contributed by atoms with van der Waals surface area (Å²) in [5.41, 5.74) is 1.52. The van der Waals surface area contributed by atoms with E-state index in [1.54, 1.807) is 12.1 Å². The molecule has 0 bridgehead atoms. The Hall–Kier alpha value is -3.16. The third-order valence-electron chi connectivity index (χ3n) is 3.37. The molecule has 0 unspecified atom stereocenters.